The molecular weight excluding hydrogens is 360 g/mol. The first-order chi connectivity index (χ1) is 12.9. The molecule has 144 valence electrons. The van der Waals surface area contributed by atoms with Gasteiger partial charge < -0.3 is 19.5 Å². The van der Waals surface area contributed by atoms with Gasteiger partial charge in [0.25, 0.3) is 5.91 Å². The van der Waals surface area contributed by atoms with E-state index in [1.54, 1.807) is 12.1 Å². The van der Waals surface area contributed by atoms with Crippen LogP contribution in [0.15, 0.2) is 36.4 Å². The van der Waals surface area contributed by atoms with Gasteiger partial charge in [-0.1, -0.05) is 0 Å². The van der Waals surface area contributed by atoms with Crippen molar-refractivity contribution in [1.29, 1.82) is 0 Å². The second-order valence-electron chi connectivity index (χ2n) is 5.41. The monoisotopic (exact) mass is 379 g/mol. The number of esters is 1. The van der Waals surface area contributed by atoms with Crippen LogP contribution in [-0.2, 0) is 20.9 Å². The second-order valence-corrected chi connectivity index (χ2v) is 5.41. The van der Waals surface area contributed by atoms with E-state index in [9.17, 15) is 18.4 Å². The Bertz CT molecular complexity index is 826. The lowest BCUT2D eigenvalue weighted by Crippen LogP contribution is -2.21. The fourth-order valence-corrected chi connectivity index (χ4v) is 2.22. The van der Waals surface area contributed by atoms with Gasteiger partial charge in [-0.2, -0.15) is 0 Å². The Kier molecular flexibility index (Phi) is 7.25. The van der Waals surface area contributed by atoms with Gasteiger partial charge in [-0.25, -0.2) is 13.6 Å². The van der Waals surface area contributed by atoms with Crippen molar-refractivity contribution in [3.8, 4) is 5.75 Å². The minimum atomic E-state index is -0.926. The number of amides is 1. The van der Waals surface area contributed by atoms with E-state index in [-0.39, 0.29) is 17.9 Å². The van der Waals surface area contributed by atoms with Crippen molar-refractivity contribution in [1.82, 2.24) is 0 Å². The van der Waals surface area contributed by atoms with Crippen molar-refractivity contribution < 1.29 is 32.6 Å². The zero-order chi connectivity index (χ0) is 19.8. The van der Waals surface area contributed by atoms with E-state index in [1.807, 2.05) is 6.92 Å². The summed E-state index contributed by atoms with van der Waals surface area (Å²) in [5.41, 5.74) is 0.666. The van der Waals surface area contributed by atoms with Crippen molar-refractivity contribution in [3.63, 3.8) is 0 Å². The number of carbonyl (C=O) groups is 2. The van der Waals surface area contributed by atoms with Crippen LogP contribution in [0.25, 0.3) is 0 Å². The van der Waals surface area contributed by atoms with Crippen LogP contribution >= 0.6 is 0 Å². The molecule has 0 bridgehead atoms. The minimum absolute atomic E-state index is 0.208. The number of methoxy groups -OCH3 is 1. The summed E-state index contributed by atoms with van der Waals surface area (Å²) in [6.45, 7) is 1.97. The highest BCUT2D eigenvalue weighted by Crippen LogP contribution is 2.21. The van der Waals surface area contributed by atoms with E-state index >= 15 is 0 Å². The van der Waals surface area contributed by atoms with E-state index in [0.717, 1.165) is 12.1 Å². The van der Waals surface area contributed by atoms with Gasteiger partial charge in [-0.15, -0.1) is 0 Å². The van der Waals surface area contributed by atoms with Crippen LogP contribution in [0.5, 0.6) is 5.75 Å². The molecular formula is C19H19F2NO5. The highest BCUT2D eigenvalue weighted by Gasteiger charge is 2.14. The van der Waals surface area contributed by atoms with E-state index in [0.29, 0.717) is 24.0 Å². The minimum Gasteiger partial charge on any atom is -0.496 e. The van der Waals surface area contributed by atoms with E-state index in [2.05, 4.69) is 5.32 Å². The van der Waals surface area contributed by atoms with Crippen molar-refractivity contribution >= 4 is 17.6 Å². The lowest BCUT2D eigenvalue weighted by molar-refractivity contribution is -0.119. The normalized spacial score (nSPS) is 10.4. The predicted molar refractivity (Wildman–Crippen MR) is 93.6 cm³/mol. The molecule has 0 aliphatic rings. The number of halogens is 2. The fourth-order valence-electron chi connectivity index (χ4n) is 2.22. The molecule has 2 aromatic carbocycles. The van der Waals surface area contributed by atoms with Gasteiger partial charge in [0.2, 0.25) is 0 Å². The van der Waals surface area contributed by atoms with Crippen LogP contribution in [0.4, 0.5) is 14.5 Å². The Morgan fingerprint density at radius 3 is 2.56 bits per heavy atom. The van der Waals surface area contributed by atoms with Crippen LogP contribution < -0.4 is 10.1 Å². The van der Waals surface area contributed by atoms with Gasteiger partial charge in [0.15, 0.2) is 6.61 Å². The number of benzene rings is 2. The van der Waals surface area contributed by atoms with E-state index in [4.69, 9.17) is 14.2 Å². The van der Waals surface area contributed by atoms with Crippen LogP contribution in [0.1, 0.15) is 22.8 Å². The second kappa shape index (κ2) is 9.63. The Balaban J connectivity index is 1.97. The molecule has 8 heteroatoms. The molecule has 0 aromatic heterocycles. The highest BCUT2D eigenvalue weighted by atomic mass is 19.1. The first kappa shape index (κ1) is 20.3. The number of carbonyl (C=O) groups excluding carboxylic acids is 2. The summed E-state index contributed by atoms with van der Waals surface area (Å²) in [4.78, 5) is 23.9. The number of anilines is 1. The largest absolute Gasteiger partial charge is 0.496 e. The summed E-state index contributed by atoms with van der Waals surface area (Å²) in [6.07, 6.45) is 0. The van der Waals surface area contributed by atoms with E-state index in [1.165, 1.54) is 13.2 Å². The highest BCUT2D eigenvalue weighted by molar-refractivity contribution is 5.95. The molecule has 0 aliphatic heterocycles. The standard InChI is InChI=1S/C19H19F2NO5/c1-3-26-10-13-8-12(4-7-17(13)25-2)19(24)27-11-18(23)22-16-6-5-14(20)9-15(16)21/h4-9H,3,10-11H2,1-2H3,(H,22,23). The third-order valence-electron chi connectivity index (χ3n) is 3.52. The molecule has 27 heavy (non-hydrogen) atoms. The van der Waals surface area contributed by atoms with Crippen LogP contribution in [0.3, 0.4) is 0 Å². The number of rotatable bonds is 8. The molecule has 0 unspecified atom stereocenters. The molecule has 1 amide bonds. The van der Waals surface area contributed by atoms with Gasteiger partial charge >= 0.3 is 5.97 Å². The predicted octanol–water partition coefficient (Wildman–Crippen LogP) is 3.31. The van der Waals surface area contributed by atoms with Crippen LogP contribution in [0.2, 0.25) is 0 Å². The molecule has 1 N–H and O–H groups in total. The molecule has 0 saturated carbocycles. The van der Waals surface area contributed by atoms with Crippen molar-refractivity contribution in [2.45, 2.75) is 13.5 Å². The zero-order valence-corrected chi connectivity index (χ0v) is 14.9. The smallest absolute Gasteiger partial charge is 0.338 e. The Morgan fingerprint density at radius 1 is 1.11 bits per heavy atom. The van der Waals surface area contributed by atoms with Crippen molar-refractivity contribution in [2.24, 2.45) is 0 Å². The maximum atomic E-state index is 13.5. The molecule has 0 heterocycles. The van der Waals surface area contributed by atoms with Crippen LogP contribution in [0, 0.1) is 11.6 Å². The number of hydrogen-bond donors (Lipinski definition) is 1. The van der Waals surface area contributed by atoms with Gasteiger partial charge in [0.05, 0.1) is 25.0 Å². The number of nitrogens with one attached hydrogen (secondary N) is 1. The molecule has 6 nitrogen and oxygen atoms in total. The van der Waals surface area contributed by atoms with Gasteiger partial charge in [-0.3, -0.25) is 4.79 Å². The SMILES string of the molecule is CCOCc1cc(C(=O)OCC(=O)Nc2ccc(F)cc2F)ccc1OC. The number of ether oxygens (including phenoxy) is 3. The average Bonchev–Trinajstić information content (AvgIpc) is 2.66. The zero-order valence-electron chi connectivity index (χ0n) is 14.9. The third-order valence-corrected chi connectivity index (χ3v) is 3.52. The summed E-state index contributed by atoms with van der Waals surface area (Å²) in [6, 6.07) is 7.36. The summed E-state index contributed by atoms with van der Waals surface area (Å²) in [5.74, 6) is -2.61. The van der Waals surface area contributed by atoms with Gasteiger partial charge in [0.1, 0.15) is 17.4 Å². The summed E-state index contributed by atoms with van der Waals surface area (Å²) in [5, 5.41) is 2.20. The number of hydrogen-bond acceptors (Lipinski definition) is 5. The molecule has 0 saturated heterocycles. The Labute approximate surface area is 155 Å². The molecule has 2 rings (SSSR count). The van der Waals surface area contributed by atoms with E-state index < -0.39 is 30.1 Å². The van der Waals surface area contributed by atoms with Crippen molar-refractivity contribution in [2.75, 3.05) is 25.6 Å². The Hall–Kier alpha value is -3.00. The summed E-state index contributed by atoms with van der Waals surface area (Å²) >= 11 is 0. The Morgan fingerprint density at radius 2 is 1.89 bits per heavy atom. The topological polar surface area (TPSA) is 73.9 Å². The maximum absolute atomic E-state index is 13.5. The summed E-state index contributed by atoms with van der Waals surface area (Å²) in [7, 11) is 1.50. The average molecular weight is 379 g/mol. The first-order valence-electron chi connectivity index (χ1n) is 8.11. The maximum Gasteiger partial charge on any atom is 0.338 e. The molecule has 0 fully saturated rings. The lowest BCUT2D eigenvalue weighted by Gasteiger charge is -2.11. The molecule has 0 radical (unpaired) electrons. The molecule has 2 aromatic rings. The summed E-state index contributed by atoms with van der Waals surface area (Å²) < 4.78 is 41.8. The fraction of sp³-hybridized carbons (Fsp3) is 0.263. The van der Waals surface area contributed by atoms with Gasteiger partial charge in [-0.05, 0) is 37.3 Å². The van der Waals surface area contributed by atoms with Gasteiger partial charge in [0, 0.05) is 18.2 Å². The van der Waals surface area contributed by atoms with Crippen molar-refractivity contribution in [3.05, 3.63) is 59.2 Å². The molecule has 0 spiro atoms. The quantitative estimate of drug-likeness (QED) is 0.713. The molecule has 0 atom stereocenters. The lowest BCUT2D eigenvalue weighted by atomic mass is 10.1. The first-order valence-corrected chi connectivity index (χ1v) is 8.11. The molecule has 0 aliphatic carbocycles. The van der Waals surface area contributed by atoms with Crippen LogP contribution in [-0.4, -0.2) is 32.2 Å². The third kappa shape index (κ3) is 5.75.